The van der Waals surface area contributed by atoms with Gasteiger partial charge in [0.1, 0.15) is 5.75 Å². The Morgan fingerprint density at radius 3 is 2.75 bits per heavy atom. The molecule has 1 unspecified atom stereocenters. The van der Waals surface area contributed by atoms with Crippen molar-refractivity contribution in [3.8, 4) is 5.75 Å². The smallest absolute Gasteiger partial charge is 0.137 e. The lowest BCUT2D eigenvalue weighted by molar-refractivity contribution is 0.270. The molecule has 0 aliphatic rings. The third kappa shape index (κ3) is 1.71. The molecule has 1 aromatic rings. The molecule has 0 fully saturated rings. The quantitative estimate of drug-likeness (QED) is 0.743. The Morgan fingerprint density at radius 2 is 2.17 bits per heavy atom. The van der Waals surface area contributed by atoms with Gasteiger partial charge in [0.25, 0.3) is 0 Å². The first kappa shape index (κ1) is 9.36. The highest BCUT2D eigenvalue weighted by Crippen LogP contribution is 2.31. The van der Waals surface area contributed by atoms with E-state index in [0.29, 0.717) is 10.6 Å². The average Bonchev–Trinajstić information content (AvgIpc) is 2.08. The lowest BCUT2D eigenvalue weighted by Gasteiger charge is -2.10. The highest BCUT2D eigenvalue weighted by atomic mass is 35.5. The molecule has 0 aliphatic heterocycles. The highest BCUT2D eigenvalue weighted by Gasteiger charge is 2.10. The van der Waals surface area contributed by atoms with Gasteiger partial charge in [-0.25, -0.2) is 0 Å². The zero-order valence-electron chi connectivity index (χ0n) is 6.79. The third-order valence-electron chi connectivity index (χ3n) is 1.82. The molecule has 0 spiro atoms. The van der Waals surface area contributed by atoms with Gasteiger partial charge in [-0.1, -0.05) is 30.7 Å². The van der Waals surface area contributed by atoms with Crippen molar-refractivity contribution in [1.29, 1.82) is 0 Å². The van der Waals surface area contributed by atoms with Crippen LogP contribution < -0.4 is 0 Å². The van der Waals surface area contributed by atoms with Crippen LogP contribution in [0.3, 0.4) is 0 Å². The minimum atomic E-state index is -0.0799. The average molecular weight is 187 g/mol. The van der Waals surface area contributed by atoms with Crippen molar-refractivity contribution in [3.63, 3.8) is 0 Å². The van der Waals surface area contributed by atoms with E-state index < -0.39 is 0 Å². The second-order valence-corrected chi connectivity index (χ2v) is 3.17. The van der Waals surface area contributed by atoms with Crippen LogP contribution in [-0.4, -0.2) is 16.8 Å². The fourth-order valence-corrected chi connectivity index (χ4v) is 1.21. The summed E-state index contributed by atoms with van der Waals surface area (Å²) in [5.74, 6) is -0.00980. The number of hydrogen-bond acceptors (Lipinski definition) is 2. The maximum absolute atomic E-state index is 9.46. The van der Waals surface area contributed by atoms with E-state index in [-0.39, 0.29) is 18.3 Å². The number of rotatable bonds is 2. The lowest BCUT2D eigenvalue weighted by Crippen LogP contribution is -1.98. The van der Waals surface area contributed by atoms with Gasteiger partial charge in [-0.3, -0.25) is 0 Å². The van der Waals surface area contributed by atoms with Crippen molar-refractivity contribution < 1.29 is 10.2 Å². The van der Waals surface area contributed by atoms with Crippen molar-refractivity contribution in [2.75, 3.05) is 6.61 Å². The molecule has 2 N–H and O–H groups in total. The largest absolute Gasteiger partial charge is 0.506 e. The van der Waals surface area contributed by atoms with Crippen LogP contribution in [0.2, 0.25) is 5.02 Å². The summed E-state index contributed by atoms with van der Waals surface area (Å²) in [5, 5.41) is 18.6. The van der Waals surface area contributed by atoms with E-state index in [9.17, 15) is 5.11 Å². The summed E-state index contributed by atoms with van der Waals surface area (Å²) in [4.78, 5) is 0. The molecule has 0 aromatic heterocycles. The first-order valence-electron chi connectivity index (χ1n) is 3.75. The van der Waals surface area contributed by atoms with Gasteiger partial charge in [-0.15, -0.1) is 0 Å². The van der Waals surface area contributed by atoms with Crippen LogP contribution in [0.1, 0.15) is 18.4 Å². The SMILES string of the molecule is CC(CO)c1cccc(Cl)c1O. The molecule has 0 radical (unpaired) electrons. The summed E-state index contributed by atoms with van der Waals surface area (Å²) in [6, 6.07) is 5.12. The monoisotopic (exact) mass is 186 g/mol. The topological polar surface area (TPSA) is 40.5 Å². The Hall–Kier alpha value is -0.730. The van der Waals surface area contributed by atoms with Gasteiger partial charge >= 0.3 is 0 Å². The Kier molecular flexibility index (Phi) is 2.95. The van der Waals surface area contributed by atoms with Crippen LogP contribution in [0, 0.1) is 0 Å². The van der Waals surface area contributed by atoms with Crippen LogP contribution in [-0.2, 0) is 0 Å². The fourth-order valence-electron chi connectivity index (χ4n) is 1.03. The van der Waals surface area contributed by atoms with E-state index in [1.165, 1.54) is 0 Å². The fraction of sp³-hybridized carbons (Fsp3) is 0.333. The first-order chi connectivity index (χ1) is 5.66. The lowest BCUT2D eigenvalue weighted by atomic mass is 10.0. The van der Waals surface area contributed by atoms with E-state index in [0.717, 1.165) is 0 Å². The molecule has 0 saturated heterocycles. The minimum Gasteiger partial charge on any atom is -0.506 e. The standard InChI is InChI=1S/C9H11ClO2/c1-6(5-11)7-3-2-4-8(10)9(7)12/h2-4,6,11-12H,5H2,1H3. The molecule has 2 nitrogen and oxygen atoms in total. The van der Waals surface area contributed by atoms with E-state index in [2.05, 4.69) is 0 Å². The molecular formula is C9H11ClO2. The number of para-hydroxylation sites is 1. The second-order valence-electron chi connectivity index (χ2n) is 2.76. The van der Waals surface area contributed by atoms with Crippen molar-refractivity contribution in [2.45, 2.75) is 12.8 Å². The number of benzene rings is 1. The molecule has 12 heavy (non-hydrogen) atoms. The molecule has 1 aromatic carbocycles. The summed E-state index contributed by atoms with van der Waals surface area (Å²) < 4.78 is 0. The predicted octanol–water partition coefficient (Wildman–Crippen LogP) is 2.14. The number of aliphatic hydroxyl groups is 1. The first-order valence-corrected chi connectivity index (χ1v) is 4.13. The Morgan fingerprint density at radius 1 is 1.50 bits per heavy atom. The molecule has 0 bridgehead atoms. The number of halogens is 1. The van der Waals surface area contributed by atoms with Gasteiger partial charge < -0.3 is 10.2 Å². The molecule has 66 valence electrons. The predicted molar refractivity (Wildman–Crippen MR) is 48.6 cm³/mol. The van der Waals surface area contributed by atoms with Gasteiger partial charge in [0.2, 0.25) is 0 Å². The zero-order valence-corrected chi connectivity index (χ0v) is 7.54. The van der Waals surface area contributed by atoms with Gasteiger partial charge in [0, 0.05) is 18.1 Å². The third-order valence-corrected chi connectivity index (χ3v) is 2.13. The van der Waals surface area contributed by atoms with E-state index >= 15 is 0 Å². The number of phenolic OH excluding ortho intramolecular Hbond substituents is 1. The van der Waals surface area contributed by atoms with E-state index in [1.807, 2.05) is 6.92 Å². The molecule has 3 heteroatoms. The minimum absolute atomic E-state index is 0.00784. The molecule has 0 saturated carbocycles. The van der Waals surface area contributed by atoms with Gasteiger partial charge in [0.05, 0.1) is 5.02 Å². The number of phenols is 1. The van der Waals surface area contributed by atoms with E-state index in [4.69, 9.17) is 16.7 Å². The summed E-state index contributed by atoms with van der Waals surface area (Å²) >= 11 is 5.68. The molecule has 1 atom stereocenters. The summed E-state index contributed by atoms with van der Waals surface area (Å²) in [7, 11) is 0. The molecule has 1 rings (SSSR count). The molecular weight excluding hydrogens is 176 g/mol. The molecule has 0 amide bonds. The summed E-state index contributed by atoms with van der Waals surface area (Å²) in [6.45, 7) is 1.83. The Labute approximate surface area is 76.4 Å². The van der Waals surface area contributed by atoms with Gasteiger partial charge in [0.15, 0.2) is 0 Å². The Bertz CT molecular complexity index is 273. The Balaban J connectivity index is 3.07. The second kappa shape index (κ2) is 3.78. The maximum Gasteiger partial charge on any atom is 0.137 e. The van der Waals surface area contributed by atoms with Gasteiger partial charge in [-0.2, -0.15) is 0 Å². The van der Waals surface area contributed by atoms with E-state index in [1.54, 1.807) is 18.2 Å². The maximum atomic E-state index is 9.46. The molecule has 0 aliphatic carbocycles. The normalized spacial score (nSPS) is 12.9. The van der Waals surface area contributed by atoms with Crippen LogP contribution in [0.4, 0.5) is 0 Å². The van der Waals surface area contributed by atoms with Crippen LogP contribution in [0.5, 0.6) is 5.75 Å². The zero-order chi connectivity index (χ0) is 9.14. The van der Waals surface area contributed by atoms with Crippen molar-refractivity contribution in [1.82, 2.24) is 0 Å². The van der Waals surface area contributed by atoms with Crippen LogP contribution >= 0.6 is 11.6 Å². The highest BCUT2D eigenvalue weighted by molar-refractivity contribution is 6.32. The summed E-state index contributed by atoms with van der Waals surface area (Å²) in [6.07, 6.45) is 0. The van der Waals surface area contributed by atoms with Crippen molar-refractivity contribution in [2.24, 2.45) is 0 Å². The van der Waals surface area contributed by atoms with Gasteiger partial charge in [-0.05, 0) is 6.07 Å². The number of aliphatic hydroxyl groups excluding tert-OH is 1. The van der Waals surface area contributed by atoms with Crippen molar-refractivity contribution >= 4 is 11.6 Å². The molecule has 0 heterocycles. The number of aromatic hydroxyl groups is 1. The summed E-state index contributed by atoms with van der Waals surface area (Å²) in [5.41, 5.74) is 0.685. The number of hydrogen-bond donors (Lipinski definition) is 2. The van der Waals surface area contributed by atoms with Crippen LogP contribution in [0.15, 0.2) is 18.2 Å². The van der Waals surface area contributed by atoms with Crippen LogP contribution in [0.25, 0.3) is 0 Å². The van der Waals surface area contributed by atoms with Crippen molar-refractivity contribution in [3.05, 3.63) is 28.8 Å².